The number of aliphatic carboxylic acids is 1. The van der Waals surface area contributed by atoms with Gasteiger partial charge >= 0.3 is 12.1 Å². The zero-order chi connectivity index (χ0) is 21.0. The van der Waals surface area contributed by atoms with Gasteiger partial charge in [-0.25, -0.2) is 4.79 Å². The maximum Gasteiger partial charge on any atom is 0.407 e. The molecule has 1 aliphatic rings. The van der Waals surface area contributed by atoms with Crippen LogP contribution in [0.2, 0.25) is 0 Å². The van der Waals surface area contributed by atoms with Gasteiger partial charge in [-0.1, -0.05) is 48.5 Å². The molecule has 152 valence electrons. The first-order valence-corrected chi connectivity index (χ1v) is 9.50. The number of hydrogen-bond acceptors (Lipinski definition) is 4. The first-order chi connectivity index (χ1) is 13.9. The number of nitrogens with one attached hydrogen (secondary N) is 2. The Morgan fingerprint density at radius 1 is 0.966 bits per heavy atom. The first-order valence-electron chi connectivity index (χ1n) is 9.50. The quantitative estimate of drug-likeness (QED) is 0.667. The SMILES string of the molecule is CC(NC(=O)C[C@@H](C)NC(=O)OCC1c2ccccc2-c2ccccc21)C(=O)O. The molecule has 1 unspecified atom stereocenters. The summed E-state index contributed by atoms with van der Waals surface area (Å²) in [5, 5.41) is 13.8. The van der Waals surface area contributed by atoms with Gasteiger partial charge in [0.25, 0.3) is 0 Å². The highest BCUT2D eigenvalue weighted by atomic mass is 16.5. The molecule has 29 heavy (non-hydrogen) atoms. The molecule has 7 heteroatoms. The highest BCUT2D eigenvalue weighted by molar-refractivity contribution is 5.84. The fourth-order valence-electron chi connectivity index (χ4n) is 3.53. The fraction of sp³-hybridized carbons (Fsp3) is 0.318. The van der Waals surface area contributed by atoms with E-state index in [1.807, 2.05) is 36.4 Å². The second-order valence-corrected chi connectivity index (χ2v) is 7.20. The number of carboxylic acids is 1. The first kappa shape index (κ1) is 20.4. The van der Waals surface area contributed by atoms with E-state index in [2.05, 4.69) is 22.8 Å². The molecular formula is C22H24N2O5. The van der Waals surface area contributed by atoms with Crippen molar-refractivity contribution in [2.75, 3.05) is 6.61 Å². The second kappa shape index (κ2) is 8.77. The summed E-state index contributed by atoms with van der Waals surface area (Å²) in [4.78, 5) is 34.8. The number of fused-ring (bicyclic) bond motifs is 3. The maximum atomic E-state index is 12.2. The molecule has 0 aliphatic heterocycles. The molecule has 1 aliphatic carbocycles. The Morgan fingerprint density at radius 2 is 1.52 bits per heavy atom. The molecule has 0 saturated heterocycles. The summed E-state index contributed by atoms with van der Waals surface area (Å²) >= 11 is 0. The second-order valence-electron chi connectivity index (χ2n) is 7.20. The molecule has 0 heterocycles. The van der Waals surface area contributed by atoms with Crippen LogP contribution in [-0.4, -0.2) is 41.8 Å². The third kappa shape index (κ3) is 4.74. The van der Waals surface area contributed by atoms with Crippen LogP contribution in [0, 0.1) is 0 Å². The molecule has 0 spiro atoms. The van der Waals surface area contributed by atoms with Crippen LogP contribution in [0.3, 0.4) is 0 Å². The Morgan fingerprint density at radius 3 is 2.07 bits per heavy atom. The average molecular weight is 396 g/mol. The summed E-state index contributed by atoms with van der Waals surface area (Å²) < 4.78 is 5.44. The van der Waals surface area contributed by atoms with Gasteiger partial charge in [0.15, 0.2) is 0 Å². The van der Waals surface area contributed by atoms with E-state index >= 15 is 0 Å². The molecule has 0 bridgehead atoms. The zero-order valence-corrected chi connectivity index (χ0v) is 16.3. The molecule has 2 aromatic carbocycles. The van der Waals surface area contributed by atoms with E-state index in [1.165, 1.54) is 6.92 Å². The molecule has 0 aromatic heterocycles. The third-order valence-electron chi connectivity index (χ3n) is 4.95. The maximum absolute atomic E-state index is 12.2. The Bertz CT molecular complexity index is 881. The lowest BCUT2D eigenvalue weighted by Gasteiger charge is -2.17. The third-order valence-corrected chi connectivity index (χ3v) is 4.95. The smallest absolute Gasteiger partial charge is 0.407 e. The molecule has 3 N–H and O–H groups in total. The number of ether oxygens (including phenoxy) is 1. The number of carbonyl (C=O) groups excluding carboxylic acids is 2. The van der Waals surface area contributed by atoms with E-state index < -0.39 is 30.1 Å². The predicted octanol–water partition coefficient (Wildman–Crippen LogP) is 2.89. The summed E-state index contributed by atoms with van der Waals surface area (Å²) in [5.41, 5.74) is 4.54. The van der Waals surface area contributed by atoms with E-state index in [0.717, 1.165) is 22.3 Å². The van der Waals surface area contributed by atoms with Crippen molar-refractivity contribution in [3.05, 3.63) is 59.7 Å². The van der Waals surface area contributed by atoms with E-state index in [9.17, 15) is 14.4 Å². The van der Waals surface area contributed by atoms with Gasteiger partial charge < -0.3 is 20.5 Å². The standard InChI is InChI=1S/C22H24N2O5/c1-13(11-20(25)24-14(2)21(26)27)23-22(28)29-12-19-17-9-5-3-7-15(17)16-8-4-6-10-18(16)19/h3-10,13-14,19H,11-12H2,1-2H3,(H,23,28)(H,24,25)(H,26,27)/t13-,14?/m1/s1. The predicted molar refractivity (Wildman–Crippen MR) is 108 cm³/mol. The molecule has 0 radical (unpaired) electrons. The zero-order valence-electron chi connectivity index (χ0n) is 16.3. The topological polar surface area (TPSA) is 105 Å². The van der Waals surface area contributed by atoms with Gasteiger partial charge in [0, 0.05) is 18.4 Å². The highest BCUT2D eigenvalue weighted by Crippen LogP contribution is 2.44. The van der Waals surface area contributed by atoms with E-state index in [-0.39, 0.29) is 18.9 Å². The molecule has 2 amide bonds. The number of alkyl carbamates (subject to hydrolysis) is 1. The Kier molecular flexibility index (Phi) is 6.16. The van der Waals surface area contributed by atoms with Crippen LogP contribution in [0.5, 0.6) is 0 Å². The lowest BCUT2D eigenvalue weighted by molar-refractivity contribution is -0.141. The van der Waals surface area contributed by atoms with Gasteiger partial charge in [0.2, 0.25) is 5.91 Å². The molecule has 7 nitrogen and oxygen atoms in total. The van der Waals surface area contributed by atoms with Crippen molar-refractivity contribution in [2.45, 2.75) is 38.3 Å². The number of hydrogen-bond donors (Lipinski definition) is 3. The van der Waals surface area contributed by atoms with E-state index in [1.54, 1.807) is 6.92 Å². The van der Waals surface area contributed by atoms with Crippen molar-refractivity contribution in [1.82, 2.24) is 10.6 Å². The summed E-state index contributed by atoms with van der Waals surface area (Å²) in [6, 6.07) is 14.6. The van der Waals surface area contributed by atoms with Gasteiger partial charge in [-0.05, 0) is 36.1 Å². The average Bonchev–Trinajstić information content (AvgIpc) is 3.00. The van der Waals surface area contributed by atoms with Gasteiger partial charge in [-0.3, -0.25) is 9.59 Å². The minimum absolute atomic E-state index is 0.0387. The molecular weight excluding hydrogens is 372 g/mol. The summed E-state index contributed by atoms with van der Waals surface area (Å²) in [6.07, 6.45) is -0.652. The van der Waals surface area contributed by atoms with Gasteiger partial charge in [0.1, 0.15) is 12.6 Å². The molecule has 0 fully saturated rings. The lowest BCUT2D eigenvalue weighted by Crippen LogP contribution is -2.42. The van der Waals surface area contributed by atoms with Crippen LogP contribution in [0.15, 0.2) is 48.5 Å². The minimum Gasteiger partial charge on any atom is -0.480 e. The fourth-order valence-corrected chi connectivity index (χ4v) is 3.53. The number of amides is 2. The monoisotopic (exact) mass is 396 g/mol. The number of rotatable bonds is 7. The minimum atomic E-state index is -1.12. The van der Waals surface area contributed by atoms with Crippen LogP contribution >= 0.6 is 0 Å². The van der Waals surface area contributed by atoms with Crippen molar-refractivity contribution in [2.24, 2.45) is 0 Å². The van der Waals surface area contributed by atoms with Crippen LogP contribution in [0.4, 0.5) is 4.79 Å². The largest absolute Gasteiger partial charge is 0.480 e. The van der Waals surface area contributed by atoms with Gasteiger partial charge in [-0.15, -0.1) is 0 Å². The molecule has 2 aromatic rings. The van der Waals surface area contributed by atoms with Crippen LogP contribution in [0.25, 0.3) is 11.1 Å². The van der Waals surface area contributed by atoms with Crippen LogP contribution < -0.4 is 10.6 Å². The Balaban J connectivity index is 1.55. The van der Waals surface area contributed by atoms with Crippen molar-refractivity contribution >= 4 is 18.0 Å². The summed E-state index contributed by atoms with van der Waals surface area (Å²) in [5.74, 6) is -1.61. The van der Waals surface area contributed by atoms with Gasteiger partial charge in [-0.2, -0.15) is 0 Å². The van der Waals surface area contributed by atoms with Gasteiger partial charge in [0.05, 0.1) is 0 Å². The highest BCUT2D eigenvalue weighted by Gasteiger charge is 2.29. The number of carbonyl (C=O) groups is 3. The van der Waals surface area contributed by atoms with E-state index in [4.69, 9.17) is 9.84 Å². The number of benzene rings is 2. The van der Waals surface area contributed by atoms with Crippen molar-refractivity contribution in [3.63, 3.8) is 0 Å². The van der Waals surface area contributed by atoms with Crippen LogP contribution in [0.1, 0.15) is 37.3 Å². The summed E-state index contributed by atoms with van der Waals surface area (Å²) in [6.45, 7) is 3.23. The van der Waals surface area contributed by atoms with Crippen molar-refractivity contribution in [1.29, 1.82) is 0 Å². The Hall–Kier alpha value is -3.35. The van der Waals surface area contributed by atoms with Crippen LogP contribution in [-0.2, 0) is 14.3 Å². The lowest BCUT2D eigenvalue weighted by atomic mass is 9.98. The Labute approximate surface area is 169 Å². The van der Waals surface area contributed by atoms with Crippen molar-refractivity contribution in [3.8, 4) is 11.1 Å². The normalized spacial score (nSPS) is 14.3. The summed E-state index contributed by atoms with van der Waals surface area (Å²) in [7, 11) is 0. The number of carboxylic acid groups (broad SMARTS) is 1. The van der Waals surface area contributed by atoms with E-state index in [0.29, 0.717) is 0 Å². The van der Waals surface area contributed by atoms with Crippen molar-refractivity contribution < 1.29 is 24.2 Å². The molecule has 0 saturated carbocycles. The molecule has 2 atom stereocenters. The molecule has 3 rings (SSSR count).